The molecule has 0 atom stereocenters. The van der Waals surface area contributed by atoms with E-state index in [0.717, 1.165) is 0 Å². The van der Waals surface area contributed by atoms with Crippen molar-refractivity contribution >= 4 is 4.09 Å². The van der Waals surface area contributed by atoms with E-state index in [4.69, 9.17) is 0 Å². The Morgan fingerprint density at radius 1 is 0.812 bits per heavy atom. The van der Waals surface area contributed by atoms with E-state index in [1.807, 2.05) is 0 Å². The Morgan fingerprint density at radius 3 is 0.812 bits per heavy atom. The van der Waals surface area contributed by atoms with Crippen LogP contribution in [-0.2, 0) is 25.2 Å². The van der Waals surface area contributed by atoms with Crippen LogP contribution in [0.25, 0.3) is 0 Å². The van der Waals surface area contributed by atoms with Gasteiger partial charge in [-0.25, -0.2) is 0 Å². The second kappa shape index (κ2) is 20.6. The summed E-state index contributed by atoms with van der Waals surface area (Å²) >= 11 is 1.53. The van der Waals surface area contributed by atoms with Gasteiger partial charge < -0.3 is 15.3 Å². The Hall–Kier alpha value is 0.264. The first-order valence-corrected chi connectivity index (χ1v) is 5.91. The van der Waals surface area contributed by atoms with Gasteiger partial charge in [-0.2, -0.15) is 0 Å². The second-order valence-electron chi connectivity index (χ2n) is 3.70. The minimum absolute atomic E-state index is 0.167. The summed E-state index contributed by atoms with van der Waals surface area (Å²) in [5.74, 6) is 0. The standard InChI is InChI=1S/3C3H7O.C2H3O.Ti/c3*1-3(2)4;1-2-3;/h3*3H,1-2H3;1H3;/q3*-1;;+3. The third-order valence-corrected chi connectivity index (χ3v) is 0. The zero-order valence-electron chi connectivity index (χ0n) is 11.4. The summed E-state index contributed by atoms with van der Waals surface area (Å²) in [5.41, 5.74) is 0. The van der Waals surface area contributed by atoms with Gasteiger partial charge in [-0.3, -0.25) is 0 Å². The molecule has 96 valence electrons. The molecule has 0 rings (SSSR count). The predicted octanol–water partition coefficient (Wildman–Crippen LogP) is -0.655. The Morgan fingerprint density at radius 2 is 0.812 bits per heavy atom. The number of carbonyl (C=O) groups is 1. The average Bonchev–Trinajstić information content (AvgIpc) is 1.76. The van der Waals surface area contributed by atoms with Gasteiger partial charge in [0, 0.05) is 0 Å². The van der Waals surface area contributed by atoms with Gasteiger partial charge in [-0.05, 0) is 0 Å². The molecule has 0 N–H and O–H groups in total. The van der Waals surface area contributed by atoms with E-state index in [0.29, 0.717) is 0 Å². The Kier molecular flexibility index (Phi) is 32.5. The molecule has 16 heavy (non-hydrogen) atoms. The van der Waals surface area contributed by atoms with Crippen LogP contribution in [-0.4, -0.2) is 22.4 Å². The molecule has 0 aliphatic rings. The molecule has 0 saturated carbocycles. The fourth-order valence-electron chi connectivity index (χ4n) is 0. The quantitative estimate of drug-likeness (QED) is 0.546. The van der Waals surface area contributed by atoms with Crippen LogP contribution in [0.15, 0.2) is 0 Å². The molecule has 0 spiro atoms. The summed E-state index contributed by atoms with van der Waals surface area (Å²) in [7, 11) is 0. The molecular weight excluding hydrogens is 244 g/mol. The molecule has 0 aliphatic heterocycles. The Labute approximate surface area is 111 Å². The van der Waals surface area contributed by atoms with Gasteiger partial charge in [0.05, 0.1) is 0 Å². The van der Waals surface area contributed by atoms with Gasteiger partial charge in [0.15, 0.2) is 0 Å². The molecule has 0 aromatic heterocycles. The maximum absolute atomic E-state index is 9.53. The van der Waals surface area contributed by atoms with Crippen LogP contribution < -0.4 is 15.3 Å². The summed E-state index contributed by atoms with van der Waals surface area (Å²) in [6.07, 6.45) is -1.25. The van der Waals surface area contributed by atoms with Crippen molar-refractivity contribution in [2.75, 3.05) is 0 Å². The summed E-state index contributed by atoms with van der Waals surface area (Å²) in [5, 5.41) is 28.6. The predicted molar refractivity (Wildman–Crippen MR) is 56.1 cm³/mol. The fraction of sp³-hybridized carbons (Fsp3) is 0.909. The second-order valence-corrected chi connectivity index (χ2v) is 4.80. The van der Waals surface area contributed by atoms with Crippen LogP contribution in [0.1, 0.15) is 48.5 Å². The maximum atomic E-state index is 9.53. The molecule has 0 radical (unpaired) electrons. The summed E-state index contributed by atoms with van der Waals surface area (Å²) in [6.45, 7) is 11.2. The molecule has 0 heterocycles. The van der Waals surface area contributed by atoms with Crippen LogP contribution in [0.5, 0.6) is 0 Å². The number of hydrogen-bond donors (Lipinski definition) is 0. The van der Waals surface area contributed by atoms with Gasteiger partial charge in [-0.1, -0.05) is 41.5 Å². The van der Waals surface area contributed by atoms with Crippen molar-refractivity contribution in [3.63, 3.8) is 0 Å². The van der Waals surface area contributed by atoms with Crippen molar-refractivity contribution in [3.05, 3.63) is 0 Å². The zero-order chi connectivity index (χ0) is 14.3. The van der Waals surface area contributed by atoms with Gasteiger partial charge in [0.1, 0.15) is 0 Å². The van der Waals surface area contributed by atoms with Gasteiger partial charge in [0.25, 0.3) is 0 Å². The third kappa shape index (κ3) is 35900. The van der Waals surface area contributed by atoms with E-state index in [2.05, 4.69) is 0 Å². The first kappa shape index (κ1) is 25.2. The van der Waals surface area contributed by atoms with Crippen molar-refractivity contribution in [1.82, 2.24) is 0 Å². The van der Waals surface area contributed by atoms with E-state index in [1.165, 1.54) is 27.4 Å². The van der Waals surface area contributed by atoms with E-state index in [-0.39, 0.29) is 4.09 Å². The van der Waals surface area contributed by atoms with Crippen LogP contribution in [0.2, 0.25) is 0 Å². The fourth-order valence-corrected chi connectivity index (χ4v) is 0. The molecule has 0 aromatic carbocycles. The van der Waals surface area contributed by atoms with Crippen molar-refractivity contribution in [2.45, 2.75) is 66.8 Å². The SMILES string of the molecule is CC(C)[O-].CC(C)[O-].CC(C)[O-].C[C](=O)[Ti+3]. The van der Waals surface area contributed by atoms with Gasteiger partial charge >= 0.3 is 36.2 Å². The molecule has 0 aromatic rings. The Bertz CT molecular complexity index is 98.6. The van der Waals surface area contributed by atoms with Crippen molar-refractivity contribution in [3.8, 4) is 0 Å². The number of rotatable bonds is 0. The van der Waals surface area contributed by atoms with Gasteiger partial charge in [0.2, 0.25) is 0 Å². The topological polar surface area (TPSA) is 86.2 Å². The molecular formula is C11H24O4Ti. The van der Waals surface area contributed by atoms with E-state index in [9.17, 15) is 20.1 Å². The average molecular weight is 268 g/mol. The van der Waals surface area contributed by atoms with Crippen molar-refractivity contribution in [1.29, 1.82) is 0 Å². The molecule has 0 fully saturated rings. The summed E-state index contributed by atoms with van der Waals surface area (Å²) in [4.78, 5) is 9.44. The van der Waals surface area contributed by atoms with Crippen molar-refractivity contribution < 1.29 is 40.5 Å². The van der Waals surface area contributed by atoms with E-state index >= 15 is 0 Å². The molecule has 0 amide bonds. The normalized spacial score (nSPS) is 8.44. The number of hydrogen-bond acceptors (Lipinski definition) is 4. The molecule has 5 heteroatoms. The number of carbonyl (C=O) groups excluding carboxylic acids is 1. The first-order valence-electron chi connectivity index (χ1n) is 5.13. The van der Waals surface area contributed by atoms with Crippen LogP contribution in [0.4, 0.5) is 0 Å². The molecule has 0 bridgehead atoms. The van der Waals surface area contributed by atoms with Crippen molar-refractivity contribution in [2.24, 2.45) is 0 Å². The summed E-state index contributed by atoms with van der Waals surface area (Å²) < 4.78 is 0.167. The summed E-state index contributed by atoms with van der Waals surface area (Å²) in [6, 6.07) is 0. The monoisotopic (exact) mass is 268 g/mol. The van der Waals surface area contributed by atoms with Crippen LogP contribution in [0.3, 0.4) is 0 Å². The minimum atomic E-state index is -0.417. The van der Waals surface area contributed by atoms with E-state index in [1.54, 1.807) is 41.5 Å². The van der Waals surface area contributed by atoms with E-state index < -0.39 is 18.3 Å². The molecule has 0 unspecified atom stereocenters. The zero-order valence-corrected chi connectivity index (χ0v) is 12.9. The first-order chi connectivity index (χ1) is 6.93. The third-order valence-electron chi connectivity index (χ3n) is 0. The molecule has 4 nitrogen and oxygen atoms in total. The molecule has 0 aliphatic carbocycles. The Balaban J connectivity index is -0.0000000600. The molecule has 0 saturated heterocycles. The van der Waals surface area contributed by atoms with Crippen LogP contribution >= 0.6 is 0 Å². The van der Waals surface area contributed by atoms with Crippen LogP contribution in [0, 0.1) is 0 Å². The van der Waals surface area contributed by atoms with Gasteiger partial charge in [-0.15, -0.1) is 18.3 Å².